The molecule has 2 N–H and O–H groups in total. The van der Waals surface area contributed by atoms with Crippen molar-refractivity contribution in [2.75, 3.05) is 6.54 Å². The molecule has 1 rings (SSSR count). The van der Waals surface area contributed by atoms with Crippen LogP contribution in [-0.4, -0.2) is 23.5 Å². The maximum atomic E-state index is 6.34. The molecule has 0 aliphatic heterocycles. The van der Waals surface area contributed by atoms with Gasteiger partial charge in [0.25, 0.3) is 0 Å². The fourth-order valence-corrected chi connectivity index (χ4v) is 3.02. The lowest BCUT2D eigenvalue weighted by Crippen LogP contribution is -2.44. The second kappa shape index (κ2) is 7.14. The summed E-state index contributed by atoms with van der Waals surface area (Å²) < 4.78 is 0. The molecule has 2 atom stereocenters. The van der Waals surface area contributed by atoms with E-state index < -0.39 is 0 Å². The number of hydrogen-bond donors (Lipinski definition) is 1. The number of hydrogen-bond acceptors (Lipinski definition) is 3. The number of nitrogens with zero attached hydrogens (tertiary/aromatic N) is 1. The Morgan fingerprint density at radius 1 is 1.35 bits per heavy atom. The maximum Gasteiger partial charge on any atom is 0.0509 e. The lowest BCUT2D eigenvalue weighted by atomic mass is 9.97. The first-order chi connectivity index (χ1) is 8.11. The fraction of sp³-hybridized carbons (Fsp3) is 0.714. The van der Waals surface area contributed by atoms with Gasteiger partial charge in [0.15, 0.2) is 0 Å². The van der Waals surface area contributed by atoms with E-state index >= 15 is 0 Å². The second-order valence-electron chi connectivity index (χ2n) is 4.91. The Labute approximate surface area is 110 Å². The predicted molar refractivity (Wildman–Crippen MR) is 77.5 cm³/mol. The molecule has 0 fully saturated rings. The Morgan fingerprint density at radius 3 is 2.47 bits per heavy atom. The zero-order valence-corrected chi connectivity index (χ0v) is 12.3. The number of nitrogens with two attached hydrogens (primary N) is 1. The van der Waals surface area contributed by atoms with E-state index in [1.54, 1.807) is 11.3 Å². The van der Waals surface area contributed by atoms with Gasteiger partial charge in [0.2, 0.25) is 0 Å². The average Bonchev–Trinajstić information content (AvgIpc) is 2.81. The largest absolute Gasteiger partial charge is 0.326 e. The van der Waals surface area contributed by atoms with Crippen LogP contribution in [0.5, 0.6) is 0 Å². The molecule has 0 saturated carbocycles. The molecule has 17 heavy (non-hydrogen) atoms. The van der Waals surface area contributed by atoms with Crippen LogP contribution in [0.2, 0.25) is 0 Å². The van der Waals surface area contributed by atoms with E-state index in [-0.39, 0.29) is 6.04 Å². The summed E-state index contributed by atoms with van der Waals surface area (Å²) in [5, 5.41) is 4.39. The van der Waals surface area contributed by atoms with Crippen molar-refractivity contribution in [3.63, 3.8) is 0 Å². The predicted octanol–water partition coefficient (Wildman–Crippen LogP) is 3.65. The molecule has 0 aliphatic carbocycles. The topological polar surface area (TPSA) is 29.3 Å². The quantitative estimate of drug-likeness (QED) is 0.805. The van der Waals surface area contributed by atoms with Crippen molar-refractivity contribution in [1.82, 2.24) is 4.90 Å². The molecule has 1 heterocycles. The van der Waals surface area contributed by atoms with Crippen LogP contribution >= 0.6 is 11.3 Å². The maximum absolute atomic E-state index is 6.34. The van der Waals surface area contributed by atoms with Gasteiger partial charge in [-0.25, -0.2) is 0 Å². The minimum Gasteiger partial charge on any atom is -0.326 e. The zero-order chi connectivity index (χ0) is 12.8. The molecular weight excluding hydrogens is 228 g/mol. The third kappa shape index (κ3) is 3.80. The molecule has 1 aromatic heterocycles. The minimum absolute atomic E-state index is 0.221. The molecule has 3 heteroatoms. The average molecular weight is 254 g/mol. The summed E-state index contributed by atoms with van der Waals surface area (Å²) in [6, 6.07) is 3.35. The van der Waals surface area contributed by atoms with E-state index in [1.165, 1.54) is 12.0 Å². The van der Waals surface area contributed by atoms with Gasteiger partial charge >= 0.3 is 0 Å². The van der Waals surface area contributed by atoms with Crippen LogP contribution in [0.1, 0.15) is 52.1 Å². The van der Waals surface area contributed by atoms with Crippen LogP contribution in [0, 0.1) is 0 Å². The highest BCUT2D eigenvalue weighted by Gasteiger charge is 2.27. The Bertz CT molecular complexity index is 295. The van der Waals surface area contributed by atoms with Crippen LogP contribution in [0.25, 0.3) is 0 Å². The smallest absolute Gasteiger partial charge is 0.0509 e. The second-order valence-corrected chi connectivity index (χ2v) is 5.69. The van der Waals surface area contributed by atoms with Gasteiger partial charge in [-0.2, -0.15) is 11.3 Å². The van der Waals surface area contributed by atoms with E-state index in [1.807, 2.05) is 0 Å². The minimum atomic E-state index is 0.221. The molecule has 0 aromatic carbocycles. The molecule has 0 bridgehead atoms. The van der Waals surface area contributed by atoms with E-state index in [2.05, 4.69) is 49.4 Å². The zero-order valence-electron chi connectivity index (χ0n) is 11.5. The summed E-state index contributed by atoms with van der Waals surface area (Å²) in [7, 11) is 0. The summed E-state index contributed by atoms with van der Waals surface area (Å²) in [5.74, 6) is 0. The van der Waals surface area contributed by atoms with Gasteiger partial charge < -0.3 is 5.73 Å². The molecule has 0 saturated heterocycles. The van der Waals surface area contributed by atoms with Gasteiger partial charge in [-0.05, 0) is 55.6 Å². The molecule has 1 aromatic rings. The Morgan fingerprint density at radius 2 is 2.06 bits per heavy atom. The first kappa shape index (κ1) is 14.7. The molecule has 0 radical (unpaired) electrons. The third-order valence-corrected chi connectivity index (χ3v) is 3.97. The van der Waals surface area contributed by atoms with Crippen LogP contribution < -0.4 is 5.73 Å². The summed E-state index contributed by atoms with van der Waals surface area (Å²) >= 11 is 1.76. The fourth-order valence-electron chi connectivity index (χ4n) is 2.33. The molecular formula is C14H26N2S. The Kier molecular flexibility index (Phi) is 6.17. The van der Waals surface area contributed by atoms with Gasteiger partial charge in [0, 0.05) is 12.1 Å². The van der Waals surface area contributed by atoms with Gasteiger partial charge in [-0.15, -0.1) is 0 Å². The standard InChI is InChI=1S/C14H26N2S/c1-5-8-16(11(3)4)14(13(15)6-2)12-7-9-17-10-12/h7,9-11,13-14H,5-6,8,15H2,1-4H3. The molecule has 0 aliphatic rings. The van der Waals surface area contributed by atoms with E-state index in [9.17, 15) is 0 Å². The lowest BCUT2D eigenvalue weighted by molar-refractivity contribution is 0.130. The van der Waals surface area contributed by atoms with Gasteiger partial charge in [-0.1, -0.05) is 13.8 Å². The lowest BCUT2D eigenvalue weighted by Gasteiger charge is -2.37. The molecule has 2 unspecified atom stereocenters. The van der Waals surface area contributed by atoms with Crippen LogP contribution in [0.15, 0.2) is 16.8 Å². The normalized spacial score (nSPS) is 15.5. The highest BCUT2D eigenvalue weighted by molar-refractivity contribution is 7.07. The summed E-state index contributed by atoms with van der Waals surface area (Å²) in [6.45, 7) is 10.0. The van der Waals surface area contributed by atoms with E-state index in [0.29, 0.717) is 12.1 Å². The molecule has 2 nitrogen and oxygen atoms in total. The van der Waals surface area contributed by atoms with Gasteiger partial charge in [0.05, 0.1) is 6.04 Å². The van der Waals surface area contributed by atoms with Crippen molar-refractivity contribution in [1.29, 1.82) is 0 Å². The highest BCUT2D eigenvalue weighted by Crippen LogP contribution is 2.28. The number of thiophene rings is 1. The number of rotatable bonds is 7. The van der Waals surface area contributed by atoms with E-state index in [0.717, 1.165) is 13.0 Å². The van der Waals surface area contributed by atoms with Crippen molar-refractivity contribution >= 4 is 11.3 Å². The van der Waals surface area contributed by atoms with Crippen molar-refractivity contribution in [3.05, 3.63) is 22.4 Å². The summed E-state index contributed by atoms with van der Waals surface area (Å²) in [6.07, 6.45) is 2.20. The first-order valence-corrected chi connectivity index (χ1v) is 7.59. The van der Waals surface area contributed by atoms with Crippen molar-refractivity contribution in [2.24, 2.45) is 5.73 Å². The SMILES string of the molecule is CCCN(C(C)C)C(c1ccsc1)C(N)CC. The van der Waals surface area contributed by atoms with Crippen LogP contribution in [-0.2, 0) is 0 Å². The Hall–Kier alpha value is -0.380. The molecule has 0 spiro atoms. The summed E-state index contributed by atoms with van der Waals surface area (Å²) in [5.41, 5.74) is 7.72. The van der Waals surface area contributed by atoms with Crippen LogP contribution in [0.3, 0.4) is 0 Å². The van der Waals surface area contributed by atoms with Gasteiger partial charge in [0.1, 0.15) is 0 Å². The van der Waals surface area contributed by atoms with Crippen molar-refractivity contribution in [2.45, 2.75) is 58.7 Å². The summed E-state index contributed by atoms with van der Waals surface area (Å²) in [4.78, 5) is 2.54. The molecule has 0 amide bonds. The third-order valence-electron chi connectivity index (χ3n) is 3.26. The van der Waals surface area contributed by atoms with Gasteiger partial charge in [-0.3, -0.25) is 4.90 Å². The Balaban J connectivity index is 2.95. The highest BCUT2D eigenvalue weighted by atomic mass is 32.1. The van der Waals surface area contributed by atoms with Crippen molar-refractivity contribution in [3.8, 4) is 0 Å². The first-order valence-electron chi connectivity index (χ1n) is 6.65. The van der Waals surface area contributed by atoms with Crippen LogP contribution in [0.4, 0.5) is 0 Å². The monoisotopic (exact) mass is 254 g/mol. The van der Waals surface area contributed by atoms with Crippen molar-refractivity contribution < 1.29 is 0 Å². The van der Waals surface area contributed by atoms with E-state index in [4.69, 9.17) is 5.73 Å². The molecule has 98 valence electrons.